The molecule has 1 heterocycles. The zero-order valence-electron chi connectivity index (χ0n) is 15.6. The summed E-state index contributed by atoms with van der Waals surface area (Å²) in [6.07, 6.45) is 2.90. The Labute approximate surface area is 161 Å². The lowest BCUT2D eigenvalue weighted by Gasteiger charge is -2.23. The summed E-state index contributed by atoms with van der Waals surface area (Å²) in [5.74, 6) is -3.67. The Morgan fingerprint density at radius 1 is 1.21 bits per heavy atom. The third-order valence-corrected chi connectivity index (χ3v) is 3.82. The van der Waals surface area contributed by atoms with Crippen molar-refractivity contribution in [3.8, 4) is 0 Å². The number of nitrogens with zero attached hydrogens (tertiary/aromatic N) is 1. The molecule has 12 heteroatoms. The van der Waals surface area contributed by atoms with Crippen molar-refractivity contribution in [2.75, 3.05) is 13.2 Å². The topological polar surface area (TPSA) is 200 Å². The Bertz CT molecular complexity index is 677. The Hall–Kier alpha value is -2.99. The number of carbonyl (C=O) groups is 4. The summed E-state index contributed by atoms with van der Waals surface area (Å²) < 4.78 is 0. The SMILES string of the molecule is CC(C)C(NC(=O)C(Cc1cnc[nH]1)NC(=O)CNC(=O)C(N)CO)C(=O)O. The van der Waals surface area contributed by atoms with Gasteiger partial charge in [-0.1, -0.05) is 13.8 Å². The minimum Gasteiger partial charge on any atom is -0.480 e. The van der Waals surface area contributed by atoms with Crippen LogP contribution in [0.5, 0.6) is 0 Å². The van der Waals surface area contributed by atoms with Gasteiger partial charge in [0.25, 0.3) is 0 Å². The monoisotopic (exact) mass is 398 g/mol. The van der Waals surface area contributed by atoms with Crippen LogP contribution in [0, 0.1) is 5.92 Å². The van der Waals surface area contributed by atoms with E-state index in [0.29, 0.717) is 5.69 Å². The number of carbonyl (C=O) groups excluding carboxylic acids is 3. The number of aliphatic hydroxyl groups is 1. The maximum absolute atomic E-state index is 12.6. The van der Waals surface area contributed by atoms with Crippen molar-refractivity contribution in [1.82, 2.24) is 25.9 Å². The van der Waals surface area contributed by atoms with E-state index < -0.39 is 55.0 Å². The van der Waals surface area contributed by atoms with Gasteiger partial charge in [0.2, 0.25) is 17.7 Å². The van der Waals surface area contributed by atoms with Crippen molar-refractivity contribution >= 4 is 23.7 Å². The number of H-pyrrole nitrogens is 1. The molecule has 0 aromatic carbocycles. The molecule has 3 amide bonds. The Kier molecular flexibility index (Phi) is 9.05. The number of carboxylic acid groups (broad SMARTS) is 1. The summed E-state index contributed by atoms with van der Waals surface area (Å²) in [4.78, 5) is 54.1. The zero-order valence-corrected chi connectivity index (χ0v) is 15.6. The number of imidazole rings is 1. The van der Waals surface area contributed by atoms with Crippen LogP contribution in [-0.2, 0) is 25.6 Å². The van der Waals surface area contributed by atoms with Gasteiger partial charge in [-0.05, 0) is 5.92 Å². The number of carboxylic acids is 1. The molecule has 3 unspecified atom stereocenters. The largest absolute Gasteiger partial charge is 0.480 e. The number of amides is 3. The van der Waals surface area contributed by atoms with E-state index in [0.717, 1.165) is 0 Å². The molecule has 12 nitrogen and oxygen atoms in total. The molecular weight excluding hydrogens is 372 g/mol. The molecule has 1 rings (SSSR count). The van der Waals surface area contributed by atoms with E-state index in [1.54, 1.807) is 13.8 Å². The maximum atomic E-state index is 12.6. The number of rotatable bonds is 11. The van der Waals surface area contributed by atoms with Crippen LogP contribution >= 0.6 is 0 Å². The summed E-state index contributed by atoms with van der Waals surface area (Å²) in [6, 6.07) is -3.40. The van der Waals surface area contributed by atoms with Crippen LogP contribution in [0.3, 0.4) is 0 Å². The molecule has 0 saturated heterocycles. The van der Waals surface area contributed by atoms with Crippen LogP contribution < -0.4 is 21.7 Å². The molecule has 0 aliphatic heterocycles. The summed E-state index contributed by atoms with van der Waals surface area (Å²) in [5, 5.41) is 25.1. The molecule has 0 radical (unpaired) electrons. The molecule has 156 valence electrons. The van der Waals surface area contributed by atoms with Crippen molar-refractivity contribution in [2.24, 2.45) is 11.7 Å². The molecule has 3 atom stereocenters. The van der Waals surface area contributed by atoms with Crippen LogP contribution in [0.4, 0.5) is 0 Å². The van der Waals surface area contributed by atoms with Crippen molar-refractivity contribution < 1.29 is 29.4 Å². The minimum absolute atomic E-state index is 0.0338. The number of aromatic amines is 1. The van der Waals surface area contributed by atoms with Crippen LogP contribution in [0.15, 0.2) is 12.5 Å². The van der Waals surface area contributed by atoms with E-state index in [4.69, 9.17) is 10.8 Å². The highest BCUT2D eigenvalue weighted by Gasteiger charge is 2.29. The molecule has 0 aliphatic carbocycles. The highest BCUT2D eigenvalue weighted by Crippen LogP contribution is 2.04. The van der Waals surface area contributed by atoms with Crippen molar-refractivity contribution in [2.45, 2.75) is 38.4 Å². The maximum Gasteiger partial charge on any atom is 0.326 e. The van der Waals surface area contributed by atoms with Crippen molar-refractivity contribution in [1.29, 1.82) is 0 Å². The molecular formula is C16H26N6O6. The molecule has 8 N–H and O–H groups in total. The third kappa shape index (κ3) is 7.32. The van der Waals surface area contributed by atoms with Crippen LogP contribution in [-0.4, -0.2) is 75.1 Å². The van der Waals surface area contributed by atoms with Gasteiger partial charge in [0.1, 0.15) is 18.1 Å². The molecule has 1 aromatic heterocycles. The molecule has 28 heavy (non-hydrogen) atoms. The zero-order chi connectivity index (χ0) is 21.3. The molecule has 0 saturated carbocycles. The standard InChI is InChI=1S/C16H26N6O6/c1-8(2)13(16(27)28)22-15(26)11(3-9-4-18-7-20-9)21-12(24)5-19-14(25)10(17)6-23/h4,7-8,10-11,13,23H,3,5-6,17H2,1-2H3,(H,18,20)(H,19,25)(H,21,24)(H,22,26)(H,27,28). The van der Waals surface area contributed by atoms with Crippen LogP contribution in [0.25, 0.3) is 0 Å². The Morgan fingerprint density at radius 2 is 1.89 bits per heavy atom. The summed E-state index contributed by atoms with van der Waals surface area (Å²) >= 11 is 0. The first-order valence-corrected chi connectivity index (χ1v) is 8.59. The van der Waals surface area contributed by atoms with Gasteiger partial charge in [-0.3, -0.25) is 14.4 Å². The van der Waals surface area contributed by atoms with Gasteiger partial charge in [0, 0.05) is 18.3 Å². The summed E-state index contributed by atoms with van der Waals surface area (Å²) in [6.45, 7) is 2.23. The second-order valence-corrected chi connectivity index (χ2v) is 6.48. The van der Waals surface area contributed by atoms with Crippen molar-refractivity contribution in [3.05, 3.63) is 18.2 Å². The molecule has 0 aliphatic rings. The van der Waals surface area contributed by atoms with Gasteiger partial charge in [-0.15, -0.1) is 0 Å². The highest BCUT2D eigenvalue weighted by molar-refractivity contribution is 5.92. The van der Waals surface area contributed by atoms with Crippen LogP contribution in [0.1, 0.15) is 19.5 Å². The number of aliphatic carboxylic acids is 1. The number of aromatic nitrogens is 2. The average molecular weight is 398 g/mol. The number of nitrogens with one attached hydrogen (secondary N) is 4. The van der Waals surface area contributed by atoms with E-state index >= 15 is 0 Å². The predicted octanol–water partition coefficient (Wildman–Crippen LogP) is -2.90. The number of hydrogen-bond acceptors (Lipinski definition) is 7. The quantitative estimate of drug-likeness (QED) is 0.206. The number of hydrogen-bond donors (Lipinski definition) is 7. The fourth-order valence-corrected chi connectivity index (χ4v) is 2.22. The normalized spacial score (nSPS) is 14.0. The highest BCUT2D eigenvalue weighted by atomic mass is 16.4. The fraction of sp³-hybridized carbons (Fsp3) is 0.562. The summed E-state index contributed by atoms with van der Waals surface area (Å²) in [5.41, 5.74) is 5.87. The first-order valence-electron chi connectivity index (χ1n) is 8.59. The Balaban J connectivity index is 2.78. The van der Waals surface area contributed by atoms with Gasteiger partial charge in [0.15, 0.2) is 0 Å². The Morgan fingerprint density at radius 3 is 2.39 bits per heavy atom. The fourth-order valence-electron chi connectivity index (χ4n) is 2.22. The van der Waals surface area contributed by atoms with E-state index in [-0.39, 0.29) is 12.3 Å². The van der Waals surface area contributed by atoms with Gasteiger partial charge in [-0.2, -0.15) is 0 Å². The van der Waals surface area contributed by atoms with Gasteiger partial charge in [-0.25, -0.2) is 9.78 Å². The van der Waals surface area contributed by atoms with E-state index in [1.807, 2.05) is 0 Å². The second-order valence-electron chi connectivity index (χ2n) is 6.48. The molecule has 0 fully saturated rings. The van der Waals surface area contributed by atoms with E-state index in [2.05, 4.69) is 25.9 Å². The first kappa shape index (κ1) is 23.0. The smallest absolute Gasteiger partial charge is 0.326 e. The lowest BCUT2D eigenvalue weighted by atomic mass is 10.0. The predicted molar refractivity (Wildman–Crippen MR) is 96.7 cm³/mol. The van der Waals surface area contributed by atoms with Gasteiger partial charge < -0.3 is 36.9 Å². The minimum atomic E-state index is -1.19. The lowest BCUT2D eigenvalue weighted by Crippen LogP contribution is -2.55. The average Bonchev–Trinajstić information content (AvgIpc) is 3.15. The summed E-state index contributed by atoms with van der Waals surface area (Å²) in [7, 11) is 0. The van der Waals surface area contributed by atoms with Gasteiger partial charge >= 0.3 is 5.97 Å². The molecule has 1 aromatic rings. The second kappa shape index (κ2) is 11.0. The lowest BCUT2D eigenvalue weighted by molar-refractivity contribution is -0.143. The molecule has 0 spiro atoms. The first-order chi connectivity index (χ1) is 13.1. The van der Waals surface area contributed by atoms with Crippen LogP contribution in [0.2, 0.25) is 0 Å². The van der Waals surface area contributed by atoms with E-state index in [1.165, 1.54) is 12.5 Å². The van der Waals surface area contributed by atoms with Gasteiger partial charge in [0.05, 0.1) is 19.5 Å². The number of nitrogens with two attached hydrogens (primary N) is 1. The number of aliphatic hydroxyl groups excluding tert-OH is 1. The van der Waals surface area contributed by atoms with Crippen molar-refractivity contribution in [3.63, 3.8) is 0 Å². The third-order valence-electron chi connectivity index (χ3n) is 3.82. The van der Waals surface area contributed by atoms with E-state index in [9.17, 15) is 24.3 Å². The molecule has 0 bridgehead atoms.